The minimum absolute atomic E-state index is 0.128. The lowest BCUT2D eigenvalue weighted by Crippen LogP contribution is -2.38. The number of amides is 1. The molecule has 0 aliphatic carbocycles. The van der Waals surface area contributed by atoms with Gasteiger partial charge in [0.15, 0.2) is 10.8 Å². The van der Waals surface area contributed by atoms with E-state index in [9.17, 15) is 14.4 Å². The summed E-state index contributed by atoms with van der Waals surface area (Å²) in [7, 11) is 1.47. The minimum Gasteiger partial charge on any atom is -0.444 e. The summed E-state index contributed by atoms with van der Waals surface area (Å²) in [5, 5.41) is 9.64. The number of carbonyl (C=O) groups is 1. The van der Waals surface area contributed by atoms with Crippen molar-refractivity contribution < 1.29 is 9.53 Å². The van der Waals surface area contributed by atoms with Crippen LogP contribution in [0, 0.1) is 12.8 Å². The number of hydrogen-bond acceptors (Lipinski definition) is 7. The Kier molecular flexibility index (Phi) is 7.33. The van der Waals surface area contributed by atoms with Crippen molar-refractivity contribution in [1.82, 2.24) is 28.9 Å². The van der Waals surface area contributed by atoms with Crippen molar-refractivity contribution in [2.75, 3.05) is 5.32 Å². The number of benzene rings is 1. The van der Waals surface area contributed by atoms with Gasteiger partial charge in [-0.1, -0.05) is 25.4 Å². The molecule has 0 unspecified atom stereocenters. The molecule has 0 aliphatic rings. The third kappa shape index (κ3) is 5.53. The van der Waals surface area contributed by atoms with Crippen LogP contribution in [0.3, 0.4) is 0 Å². The third-order valence-corrected chi connectivity index (χ3v) is 7.57. The Morgan fingerprint density at radius 2 is 1.98 bits per heavy atom. The molecule has 0 bridgehead atoms. The number of aryl methyl sites for hydroxylation is 1. The fourth-order valence-electron chi connectivity index (χ4n) is 4.75. The zero-order valence-corrected chi connectivity index (χ0v) is 25.5. The lowest BCUT2D eigenvalue weighted by molar-refractivity contribution is 0.0636. The van der Waals surface area contributed by atoms with Crippen molar-refractivity contribution in [3.05, 3.63) is 60.7 Å². The van der Waals surface area contributed by atoms with Gasteiger partial charge in [0.1, 0.15) is 22.4 Å². The van der Waals surface area contributed by atoms with Crippen molar-refractivity contribution in [2.45, 2.75) is 60.2 Å². The first-order chi connectivity index (χ1) is 19.2. The molecule has 1 amide bonds. The standard InChI is InChI=1S/C28H32ClN7O4S/c1-14(2)12-35-23-20(24(37)34(7)27(35)39)22(21-15(3)41-25(31-21)32-26(38)40-28(4,5)6)36(33-23)13-16-11-30-19-9-8-17(29)10-18(16)19/h8-11,14,30H,12-13H2,1-7H3,(H,31,32,38). The predicted molar refractivity (Wildman–Crippen MR) is 162 cm³/mol. The Hall–Kier alpha value is -3.90. The SMILES string of the molecule is Cc1sc(NC(=O)OC(C)(C)C)nc1-c1c2c(=O)n(C)c(=O)n(CC(C)C)c2nn1Cc1c[nH]c2ccc(Cl)cc12. The second-order valence-electron chi connectivity index (χ2n) is 11.4. The number of aromatic nitrogens is 6. The molecule has 5 rings (SSSR count). The van der Waals surface area contributed by atoms with E-state index in [1.807, 2.05) is 45.2 Å². The van der Waals surface area contributed by atoms with Crippen LogP contribution in [0.25, 0.3) is 33.3 Å². The number of halogens is 1. The summed E-state index contributed by atoms with van der Waals surface area (Å²) in [6.45, 7) is 11.8. The van der Waals surface area contributed by atoms with Gasteiger partial charge < -0.3 is 9.72 Å². The smallest absolute Gasteiger partial charge is 0.413 e. The summed E-state index contributed by atoms with van der Waals surface area (Å²) in [5.41, 5.74) is 1.44. The summed E-state index contributed by atoms with van der Waals surface area (Å²) >= 11 is 7.56. The van der Waals surface area contributed by atoms with Crippen LogP contribution in [-0.4, -0.2) is 40.6 Å². The van der Waals surface area contributed by atoms with Gasteiger partial charge in [-0.3, -0.25) is 23.9 Å². The molecule has 0 aliphatic heterocycles. The highest BCUT2D eigenvalue weighted by molar-refractivity contribution is 7.16. The fraction of sp³-hybridized carbons (Fsp3) is 0.393. The maximum atomic E-state index is 13.7. The third-order valence-electron chi connectivity index (χ3n) is 6.45. The summed E-state index contributed by atoms with van der Waals surface area (Å²) in [5.74, 6) is 0.128. The topological polar surface area (TPSA) is 129 Å². The summed E-state index contributed by atoms with van der Waals surface area (Å²) < 4.78 is 9.73. The number of H-pyrrole nitrogens is 1. The molecule has 5 aromatic rings. The number of ether oxygens (including phenoxy) is 1. The number of hydrogen-bond donors (Lipinski definition) is 2. The Morgan fingerprint density at radius 1 is 1.24 bits per heavy atom. The number of thiazole rings is 1. The van der Waals surface area contributed by atoms with Crippen molar-refractivity contribution in [1.29, 1.82) is 0 Å². The van der Waals surface area contributed by atoms with Crippen molar-refractivity contribution in [2.24, 2.45) is 13.0 Å². The average Bonchev–Trinajstić information content (AvgIpc) is 3.54. The Labute approximate surface area is 244 Å². The first kappa shape index (κ1) is 28.6. The second kappa shape index (κ2) is 10.5. The van der Waals surface area contributed by atoms with Crippen LogP contribution in [0.15, 0.2) is 34.0 Å². The van der Waals surface area contributed by atoms with E-state index >= 15 is 0 Å². The molecule has 216 valence electrons. The van der Waals surface area contributed by atoms with Crippen LogP contribution in [0.4, 0.5) is 9.93 Å². The normalized spacial score (nSPS) is 12.1. The largest absolute Gasteiger partial charge is 0.444 e. The van der Waals surface area contributed by atoms with E-state index < -0.39 is 22.9 Å². The van der Waals surface area contributed by atoms with Gasteiger partial charge in [0.25, 0.3) is 5.56 Å². The second-order valence-corrected chi connectivity index (χ2v) is 13.1. The maximum absolute atomic E-state index is 13.7. The highest BCUT2D eigenvalue weighted by Crippen LogP contribution is 2.35. The van der Waals surface area contributed by atoms with E-state index in [4.69, 9.17) is 26.4 Å². The van der Waals surface area contributed by atoms with E-state index in [-0.39, 0.29) is 23.5 Å². The lowest BCUT2D eigenvalue weighted by atomic mass is 10.1. The van der Waals surface area contributed by atoms with Gasteiger partial charge in [0.2, 0.25) is 0 Å². The average molecular weight is 598 g/mol. The highest BCUT2D eigenvalue weighted by Gasteiger charge is 2.27. The number of aromatic amines is 1. The molecule has 0 saturated carbocycles. The molecule has 0 radical (unpaired) electrons. The van der Waals surface area contributed by atoms with Gasteiger partial charge in [-0.15, -0.1) is 11.3 Å². The minimum atomic E-state index is -0.678. The van der Waals surface area contributed by atoms with E-state index in [1.165, 1.54) is 23.0 Å². The first-order valence-electron chi connectivity index (χ1n) is 13.2. The Morgan fingerprint density at radius 3 is 2.66 bits per heavy atom. The van der Waals surface area contributed by atoms with Crippen molar-refractivity contribution >= 4 is 56.1 Å². The molecule has 2 N–H and O–H groups in total. The van der Waals surface area contributed by atoms with Gasteiger partial charge in [-0.05, 0) is 57.4 Å². The van der Waals surface area contributed by atoms with Gasteiger partial charge >= 0.3 is 11.8 Å². The van der Waals surface area contributed by atoms with Gasteiger partial charge in [-0.2, -0.15) is 5.10 Å². The lowest BCUT2D eigenvalue weighted by Gasteiger charge is -2.18. The number of rotatable bonds is 6. The van der Waals surface area contributed by atoms with E-state index in [2.05, 4.69) is 10.3 Å². The zero-order chi connectivity index (χ0) is 29.8. The molecule has 11 nitrogen and oxygen atoms in total. The zero-order valence-electron chi connectivity index (χ0n) is 24.0. The van der Waals surface area contributed by atoms with Crippen LogP contribution in [0.5, 0.6) is 0 Å². The molecule has 1 aromatic carbocycles. The number of nitrogens with zero attached hydrogens (tertiary/aromatic N) is 5. The molecule has 13 heteroatoms. The molecule has 0 fully saturated rings. The predicted octanol–water partition coefficient (Wildman–Crippen LogP) is 5.51. The quantitative estimate of drug-likeness (QED) is 0.265. The molecule has 4 aromatic heterocycles. The van der Waals surface area contributed by atoms with E-state index in [0.29, 0.717) is 28.1 Å². The number of anilines is 1. The summed E-state index contributed by atoms with van der Waals surface area (Å²) in [6, 6.07) is 5.58. The molecule has 41 heavy (non-hydrogen) atoms. The van der Waals surface area contributed by atoms with E-state index in [1.54, 1.807) is 25.5 Å². The first-order valence-corrected chi connectivity index (χ1v) is 14.4. The van der Waals surface area contributed by atoms with Crippen LogP contribution in [0.2, 0.25) is 5.02 Å². The summed E-state index contributed by atoms with van der Waals surface area (Å²) in [4.78, 5) is 48.1. The number of nitrogens with one attached hydrogen (secondary N) is 2. The van der Waals surface area contributed by atoms with Crippen molar-refractivity contribution in [3.8, 4) is 11.4 Å². The number of carbonyl (C=O) groups excluding carboxylic acids is 1. The Bertz CT molecular complexity index is 1920. The van der Waals surface area contributed by atoms with Crippen LogP contribution in [0.1, 0.15) is 45.1 Å². The molecular formula is C28H32ClN7O4S. The van der Waals surface area contributed by atoms with Crippen LogP contribution >= 0.6 is 22.9 Å². The van der Waals surface area contributed by atoms with Crippen LogP contribution in [-0.2, 0) is 24.9 Å². The fourth-order valence-corrected chi connectivity index (χ4v) is 5.72. The van der Waals surface area contributed by atoms with Crippen LogP contribution < -0.4 is 16.6 Å². The highest BCUT2D eigenvalue weighted by atomic mass is 35.5. The molecule has 4 heterocycles. The van der Waals surface area contributed by atoms with Crippen molar-refractivity contribution in [3.63, 3.8) is 0 Å². The van der Waals surface area contributed by atoms with Gasteiger partial charge in [0.05, 0.1) is 6.54 Å². The van der Waals surface area contributed by atoms with Gasteiger partial charge in [0, 0.05) is 40.6 Å². The molecule has 0 saturated heterocycles. The monoisotopic (exact) mass is 597 g/mol. The molecule has 0 spiro atoms. The summed E-state index contributed by atoms with van der Waals surface area (Å²) in [6.07, 6.45) is 1.24. The molecule has 0 atom stereocenters. The maximum Gasteiger partial charge on any atom is 0.413 e. The van der Waals surface area contributed by atoms with E-state index in [0.717, 1.165) is 25.9 Å². The molecular weight excluding hydrogens is 566 g/mol. The Balaban J connectivity index is 1.74. The number of fused-ring (bicyclic) bond motifs is 2. The van der Waals surface area contributed by atoms with Gasteiger partial charge in [-0.25, -0.2) is 14.6 Å².